The van der Waals surface area contributed by atoms with E-state index in [1.54, 1.807) is 0 Å². The smallest absolute Gasteiger partial charge is 0.125 e. The molecule has 1 saturated heterocycles. The number of rotatable bonds is 2. The van der Waals surface area contributed by atoms with Crippen LogP contribution in [0.5, 0.6) is 0 Å². The van der Waals surface area contributed by atoms with E-state index in [2.05, 4.69) is 6.92 Å². The van der Waals surface area contributed by atoms with Crippen molar-refractivity contribution in [2.75, 3.05) is 11.5 Å². The zero-order valence-corrected chi connectivity index (χ0v) is 7.93. The lowest BCUT2D eigenvalue weighted by atomic mass is 10.1. The highest BCUT2D eigenvalue weighted by Crippen LogP contribution is 2.47. The van der Waals surface area contributed by atoms with Crippen LogP contribution in [0.25, 0.3) is 0 Å². The first-order chi connectivity index (χ1) is 4.69. The molecule has 1 unspecified atom stereocenters. The first-order valence-electron chi connectivity index (χ1n) is 3.42. The number of hydrogen-bond donors (Lipinski definition) is 0. The molecule has 0 aromatic rings. The SMILES string of the molecule is CC(C=O)C1(C)SCCS1. The Bertz CT molecular complexity index is 130. The van der Waals surface area contributed by atoms with Gasteiger partial charge in [-0.25, -0.2) is 0 Å². The molecule has 0 aromatic carbocycles. The summed E-state index contributed by atoms with van der Waals surface area (Å²) in [5.74, 6) is 2.57. The third-order valence-electron chi connectivity index (χ3n) is 1.89. The number of carbonyl (C=O) groups is 1. The van der Waals surface area contributed by atoms with Crippen LogP contribution < -0.4 is 0 Å². The Balaban J connectivity index is 2.57. The number of hydrogen-bond acceptors (Lipinski definition) is 3. The third-order valence-corrected chi connectivity index (χ3v) is 5.56. The highest BCUT2D eigenvalue weighted by atomic mass is 32.2. The van der Waals surface area contributed by atoms with E-state index in [9.17, 15) is 4.79 Å². The molecule has 1 atom stereocenters. The van der Waals surface area contributed by atoms with Crippen LogP contribution in [0.4, 0.5) is 0 Å². The summed E-state index contributed by atoms with van der Waals surface area (Å²) >= 11 is 3.82. The van der Waals surface area contributed by atoms with Crippen LogP contribution in [0.2, 0.25) is 0 Å². The molecule has 3 heteroatoms. The van der Waals surface area contributed by atoms with E-state index in [-0.39, 0.29) is 10.00 Å². The summed E-state index contributed by atoms with van der Waals surface area (Å²) in [7, 11) is 0. The number of aldehydes is 1. The van der Waals surface area contributed by atoms with Gasteiger partial charge in [0.05, 0.1) is 4.08 Å². The van der Waals surface area contributed by atoms with Gasteiger partial charge in [0.15, 0.2) is 0 Å². The molecule has 0 bridgehead atoms. The maximum atomic E-state index is 10.5. The molecule has 10 heavy (non-hydrogen) atoms. The maximum Gasteiger partial charge on any atom is 0.125 e. The van der Waals surface area contributed by atoms with E-state index >= 15 is 0 Å². The summed E-state index contributed by atoms with van der Waals surface area (Å²) in [5, 5.41) is 0. The first-order valence-corrected chi connectivity index (χ1v) is 5.39. The Labute approximate surface area is 70.3 Å². The van der Waals surface area contributed by atoms with Crippen molar-refractivity contribution < 1.29 is 4.79 Å². The van der Waals surface area contributed by atoms with E-state index in [1.807, 2.05) is 30.4 Å². The second-order valence-electron chi connectivity index (χ2n) is 2.64. The highest BCUT2D eigenvalue weighted by Gasteiger charge is 2.35. The summed E-state index contributed by atoms with van der Waals surface area (Å²) in [6.45, 7) is 4.16. The van der Waals surface area contributed by atoms with Gasteiger partial charge in [0.25, 0.3) is 0 Å². The Morgan fingerprint density at radius 1 is 1.50 bits per heavy atom. The van der Waals surface area contributed by atoms with Crippen LogP contribution in [-0.4, -0.2) is 21.9 Å². The minimum atomic E-state index is 0.168. The largest absolute Gasteiger partial charge is 0.303 e. The van der Waals surface area contributed by atoms with Crippen molar-refractivity contribution in [1.29, 1.82) is 0 Å². The second kappa shape index (κ2) is 3.18. The fraction of sp³-hybridized carbons (Fsp3) is 0.857. The summed E-state index contributed by atoms with van der Waals surface area (Å²) in [4.78, 5) is 10.5. The molecule has 58 valence electrons. The van der Waals surface area contributed by atoms with Gasteiger partial charge in [0.1, 0.15) is 6.29 Å². The lowest BCUT2D eigenvalue weighted by molar-refractivity contribution is -0.110. The summed E-state index contributed by atoms with van der Waals surface area (Å²) in [5.41, 5.74) is 0. The van der Waals surface area contributed by atoms with Crippen LogP contribution >= 0.6 is 23.5 Å². The third kappa shape index (κ3) is 1.51. The van der Waals surface area contributed by atoms with Crippen LogP contribution in [0.15, 0.2) is 0 Å². The number of carbonyl (C=O) groups excluding carboxylic acids is 1. The molecule has 1 rings (SSSR count). The minimum absolute atomic E-state index is 0.168. The Morgan fingerprint density at radius 3 is 2.40 bits per heavy atom. The molecule has 0 amide bonds. The van der Waals surface area contributed by atoms with Gasteiger partial charge in [-0.1, -0.05) is 6.92 Å². The van der Waals surface area contributed by atoms with Crippen molar-refractivity contribution in [3.8, 4) is 0 Å². The molecular weight excluding hydrogens is 164 g/mol. The van der Waals surface area contributed by atoms with Crippen LogP contribution in [0.3, 0.4) is 0 Å². The van der Waals surface area contributed by atoms with E-state index < -0.39 is 0 Å². The normalized spacial score (nSPS) is 26.2. The average molecular weight is 176 g/mol. The van der Waals surface area contributed by atoms with Crippen molar-refractivity contribution in [2.24, 2.45) is 5.92 Å². The standard InChI is InChI=1S/C7H12OS2/c1-6(5-8)7(2)9-3-4-10-7/h5-6H,3-4H2,1-2H3. The maximum absolute atomic E-state index is 10.5. The summed E-state index contributed by atoms with van der Waals surface area (Å²) < 4.78 is 0.168. The van der Waals surface area contributed by atoms with Crippen LogP contribution in [0, 0.1) is 5.92 Å². The Hall–Kier alpha value is 0.370. The molecule has 1 aliphatic heterocycles. The fourth-order valence-electron chi connectivity index (χ4n) is 0.917. The zero-order chi connectivity index (χ0) is 7.61. The Morgan fingerprint density at radius 2 is 2.00 bits per heavy atom. The van der Waals surface area contributed by atoms with E-state index in [0.29, 0.717) is 0 Å². The fourth-order valence-corrected chi connectivity index (χ4v) is 3.86. The molecule has 0 saturated carbocycles. The summed E-state index contributed by atoms with van der Waals surface area (Å²) in [6.07, 6.45) is 1.06. The highest BCUT2D eigenvalue weighted by molar-refractivity contribution is 8.21. The van der Waals surface area contributed by atoms with Crippen molar-refractivity contribution in [2.45, 2.75) is 17.9 Å². The van der Waals surface area contributed by atoms with E-state index in [4.69, 9.17) is 0 Å². The van der Waals surface area contributed by atoms with Gasteiger partial charge >= 0.3 is 0 Å². The molecule has 1 nitrogen and oxygen atoms in total. The van der Waals surface area contributed by atoms with Gasteiger partial charge in [-0.2, -0.15) is 0 Å². The van der Waals surface area contributed by atoms with E-state index in [0.717, 1.165) is 6.29 Å². The second-order valence-corrected chi connectivity index (χ2v) is 5.99. The molecule has 1 heterocycles. The van der Waals surface area contributed by atoms with E-state index in [1.165, 1.54) is 11.5 Å². The monoisotopic (exact) mass is 176 g/mol. The molecule has 0 aliphatic carbocycles. The van der Waals surface area contributed by atoms with Gasteiger partial charge in [0, 0.05) is 17.4 Å². The Kier molecular flexibility index (Phi) is 2.69. The number of thioether (sulfide) groups is 2. The van der Waals surface area contributed by atoms with Gasteiger partial charge < -0.3 is 4.79 Å². The van der Waals surface area contributed by atoms with Gasteiger partial charge in [0.2, 0.25) is 0 Å². The summed E-state index contributed by atoms with van der Waals surface area (Å²) in [6, 6.07) is 0. The van der Waals surface area contributed by atoms with Crippen molar-refractivity contribution in [3.05, 3.63) is 0 Å². The van der Waals surface area contributed by atoms with Gasteiger partial charge in [-0.3, -0.25) is 0 Å². The lowest BCUT2D eigenvalue weighted by Crippen LogP contribution is -2.23. The van der Waals surface area contributed by atoms with Crippen molar-refractivity contribution in [1.82, 2.24) is 0 Å². The van der Waals surface area contributed by atoms with Crippen LogP contribution in [0.1, 0.15) is 13.8 Å². The van der Waals surface area contributed by atoms with Gasteiger partial charge in [-0.05, 0) is 6.92 Å². The minimum Gasteiger partial charge on any atom is -0.303 e. The van der Waals surface area contributed by atoms with Crippen LogP contribution in [-0.2, 0) is 4.79 Å². The molecule has 0 spiro atoms. The predicted octanol–water partition coefficient (Wildman–Crippen LogP) is 2.02. The molecule has 0 radical (unpaired) electrons. The molecular formula is C7H12OS2. The molecule has 0 aromatic heterocycles. The predicted molar refractivity (Wildman–Crippen MR) is 48.5 cm³/mol. The van der Waals surface area contributed by atoms with Crippen molar-refractivity contribution >= 4 is 29.8 Å². The molecule has 1 aliphatic rings. The first kappa shape index (κ1) is 8.47. The average Bonchev–Trinajstić information content (AvgIpc) is 2.36. The lowest BCUT2D eigenvalue weighted by Gasteiger charge is -2.24. The van der Waals surface area contributed by atoms with Gasteiger partial charge in [-0.15, -0.1) is 23.5 Å². The zero-order valence-electron chi connectivity index (χ0n) is 6.29. The quantitative estimate of drug-likeness (QED) is 0.599. The topological polar surface area (TPSA) is 17.1 Å². The molecule has 0 N–H and O–H groups in total. The van der Waals surface area contributed by atoms with Crippen molar-refractivity contribution in [3.63, 3.8) is 0 Å². The molecule has 1 fully saturated rings.